The molecule has 1 aromatic heterocycles. The van der Waals surface area contributed by atoms with Crippen molar-refractivity contribution in [3.05, 3.63) is 78.6 Å². The molecular weight excluding hydrogens is 374 g/mol. The molecule has 3 aromatic rings. The maximum absolute atomic E-state index is 13.1. The van der Waals surface area contributed by atoms with Crippen molar-refractivity contribution in [2.24, 2.45) is 5.92 Å². The molecule has 1 atom stereocenters. The van der Waals surface area contributed by atoms with Crippen molar-refractivity contribution in [3.63, 3.8) is 0 Å². The lowest BCUT2D eigenvalue weighted by molar-refractivity contribution is -0.121. The van der Waals surface area contributed by atoms with Crippen molar-refractivity contribution in [2.45, 2.75) is 19.4 Å². The molecule has 0 bridgehead atoms. The average Bonchev–Trinajstić information content (AvgIpc) is 2.80. The van der Waals surface area contributed by atoms with Crippen molar-refractivity contribution in [1.82, 2.24) is 9.88 Å². The second-order valence-corrected chi connectivity index (χ2v) is 7.70. The van der Waals surface area contributed by atoms with Gasteiger partial charge >= 0.3 is 0 Å². The Morgan fingerprint density at radius 2 is 1.97 bits per heavy atom. The van der Waals surface area contributed by atoms with Gasteiger partial charge < -0.3 is 10.1 Å². The van der Waals surface area contributed by atoms with Crippen LogP contribution in [0.2, 0.25) is 0 Å². The number of anilines is 1. The van der Waals surface area contributed by atoms with Crippen LogP contribution >= 0.6 is 0 Å². The van der Waals surface area contributed by atoms with Gasteiger partial charge in [0, 0.05) is 36.7 Å². The molecule has 0 saturated carbocycles. The zero-order valence-electron chi connectivity index (χ0n) is 17.3. The summed E-state index contributed by atoms with van der Waals surface area (Å²) in [6.07, 6.45) is 5.63. The summed E-state index contributed by atoms with van der Waals surface area (Å²) in [5.41, 5.74) is 4.09. The second kappa shape index (κ2) is 9.55. The third-order valence-corrected chi connectivity index (χ3v) is 5.59. The smallest absolute Gasteiger partial charge is 0.228 e. The molecule has 1 N–H and O–H groups in total. The number of rotatable bonds is 6. The number of amides is 1. The Balaban J connectivity index is 1.44. The molecule has 2 aromatic carbocycles. The van der Waals surface area contributed by atoms with Gasteiger partial charge in [-0.3, -0.25) is 14.7 Å². The SMILES string of the molecule is COc1ccc(-c2ccccc2NC(=O)[C@H]2CCCN(Cc3cccnc3)C2)cc1. The zero-order chi connectivity index (χ0) is 20.8. The van der Waals surface area contributed by atoms with Crippen LogP contribution in [0.4, 0.5) is 5.69 Å². The number of nitrogens with one attached hydrogen (secondary N) is 1. The number of carbonyl (C=O) groups is 1. The van der Waals surface area contributed by atoms with Crippen molar-refractivity contribution in [3.8, 4) is 16.9 Å². The molecule has 0 spiro atoms. The van der Waals surface area contributed by atoms with E-state index in [1.807, 2.05) is 60.8 Å². The summed E-state index contributed by atoms with van der Waals surface area (Å²) in [4.78, 5) is 19.6. The minimum atomic E-state index is -0.0145. The predicted molar refractivity (Wildman–Crippen MR) is 119 cm³/mol. The number of nitrogens with zero attached hydrogens (tertiary/aromatic N) is 2. The van der Waals surface area contributed by atoms with E-state index in [2.05, 4.69) is 21.3 Å². The predicted octanol–water partition coefficient (Wildman–Crippen LogP) is 4.61. The van der Waals surface area contributed by atoms with Crippen molar-refractivity contribution in [1.29, 1.82) is 0 Å². The molecule has 4 rings (SSSR count). The van der Waals surface area contributed by atoms with Gasteiger partial charge in [-0.2, -0.15) is 0 Å². The van der Waals surface area contributed by atoms with Crippen LogP contribution in [0.3, 0.4) is 0 Å². The molecule has 154 valence electrons. The molecule has 1 aliphatic rings. The highest BCUT2D eigenvalue weighted by Crippen LogP contribution is 2.30. The first-order valence-corrected chi connectivity index (χ1v) is 10.4. The summed E-state index contributed by atoms with van der Waals surface area (Å²) in [7, 11) is 1.66. The van der Waals surface area contributed by atoms with Gasteiger partial charge in [-0.05, 0) is 54.8 Å². The summed E-state index contributed by atoms with van der Waals surface area (Å²) >= 11 is 0. The number of benzene rings is 2. The quantitative estimate of drug-likeness (QED) is 0.655. The average molecular weight is 402 g/mol. The van der Waals surface area contributed by atoms with E-state index in [4.69, 9.17) is 4.74 Å². The first kappa shape index (κ1) is 20.1. The Bertz CT molecular complexity index is 973. The molecule has 1 aliphatic heterocycles. The number of hydrogen-bond acceptors (Lipinski definition) is 4. The van der Waals surface area contributed by atoms with E-state index < -0.39 is 0 Å². The Hall–Kier alpha value is -3.18. The topological polar surface area (TPSA) is 54.5 Å². The lowest BCUT2D eigenvalue weighted by Crippen LogP contribution is -2.40. The van der Waals surface area contributed by atoms with Crippen LogP contribution in [0.25, 0.3) is 11.1 Å². The molecule has 0 radical (unpaired) electrons. The number of carbonyl (C=O) groups excluding carboxylic acids is 1. The fourth-order valence-corrected chi connectivity index (χ4v) is 4.01. The van der Waals surface area contributed by atoms with Gasteiger partial charge in [-0.25, -0.2) is 0 Å². The first-order valence-electron chi connectivity index (χ1n) is 10.4. The molecule has 0 unspecified atom stereocenters. The van der Waals surface area contributed by atoms with Crippen LogP contribution in [-0.2, 0) is 11.3 Å². The Labute approximate surface area is 177 Å². The summed E-state index contributed by atoms with van der Waals surface area (Å²) in [5, 5.41) is 3.18. The summed E-state index contributed by atoms with van der Waals surface area (Å²) < 4.78 is 5.25. The fourth-order valence-electron chi connectivity index (χ4n) is 4.01. The van der Waals surface area contributed by atoms with Crippen molar-refractivity contribution >= 4 is 11.6 Å². The number of methoxy groups -OCH3 is 1. The lowest BCUT2D eigenvalue weighted by atomic mass is 9.96. The molecule has 1 fully saturated rings. The van der Waals surface area contributed by atoms with Crippen LogP contribution in [0.5, 0.6) is 5.75 Å². The Morgan fingerprint density at radius 3 is 2.73 bits per heavy atom. The van der Waals surface area contributed by atoms with Crippen LogP contribution in [0.15, 0.2) is 73.1 Å². The van der Waals surface area contributed by atoms with Crippen molar-refractivity contribution < 1.29 is 9.53 Å². The molecule has 1 saturated heterocycles. The number of ether oxygens (including phenoxy) is 1. The van der Waals surface area contributed by atoms with E-state index in [1.54, 1.807) is 13.3 Å². The summed E-state index contributed by atoms with van der Waals surface area (Å²) in [6.45, 7) is 2.62. The molecule has 1 amide bonds. The van der Waals surface area contributed by atoms with Gasteiger partial charge in [0.2, 0.25) is 5.91 Å². The summed E-state index contributed by atoms with van der Waals surface area (Å²) in [6, 6.07) is 19.9. The number of aromatic nitrogens is 1. The van der Waals surface area contributed by atoms with Crippen LogP contribution in [-0.4, -0.2) is 36.0 Å². The number of hydrogen-bond donors (Lipinski definition) is 1. The van der Waals surface area contributed by atoms with E-state index in [9.17, 15) is 4.79 Å². The third kappa shape index (κ3) is 4.86. The first-order chi connectivity index (χ1) is 14.7. The molecule has 2 heterocycles. The number of pyridine rings is 1. The highest BCUT2D eigenvalue weighted by molar-refractivity contribution is 5.97. The van der Waals surface area contributed by atoms with Gasteiger partial charge in [-0.15, -0.1) is 0 Å². The Morgan fingerprint density at radius 1 is 1.13 bits per heavy atom. The largest absolute Gasteiger partial charge is 0.497 e. The van der Waals surface area contributed by atoms with Gasteiger partial charge in [-0.1, -0.05) is 36.4 Å². The van der Waals surface area contributed by atoms with Crippen LogP contribution < -0.4 is 10.1 Å². The number of para-hydroxylation sites is 1. The molecule has 30 heavy (non-hydrogen) atoms. The maximum atomic E-state index is 13.1. The second-order valence-electron chi connectivity index (χ2n) is 7.70. The summed E-state index contributed by atoms with van der Waals surface area (Å²) in [5.74, 6) is 0.891. The zero-order valence-corrected chi connectivity index (χ0v) is 17.3. The van der Waals surface area contributed by atoms with E-state index in [-0.39, 0.29) is 11.8 Å². The normalized spacial score (nSPS) is 16.8. The van der Waals surface area contributed by atoms with Crippen molar-refractivity contribution in [2.75, 3.05) is 25.5 Å². The molecule has 5 heteroatoms. The van der Waals surface area contributed by atoms with Gasteiger partial charge in [0.15, 0.2) is 0 Å². The van der Waals surface area contributed by atoms with Gasteiger partial charge in [0.05, 0.1) is 13.0 Å². The molecular formula is C25H27N3O2. The van der Waals surface area contributed by atoms with Gasteiger partial charge in [0.25, 0.3) is 0 Å². The molecule has 5 nitrogen and oxygen atoms in total. The standard InChI is InChI=1S/C25H27N3O2/c1-30-22-12-10-20(11-13-22)23-8-2-3-9-24(23)27-25(29)21-7-5-15-28(18-21)17-19-6-4-14-26-16-19/h2-4,6,8-14,16,21H,5,7,15,17-18H2,1H3,(H,27,29)/t21-/m0/s1. The fraction of sp³-hybridized carbons (Fsp3) is 0.280. The van der Waals surface area contributed by atoms with Crippen LogP contribution in [0, 0.1) is 5.92 Å². The Kier molecular flexibility index (Phi) is 6.40. The molecule has 0 aliphatic carbocycles. The van der Waals surface area contributed by atoms with Crippen LogP contribution in [0.1, 0.15) is 18.4 Å². The highest BCUT2D eigenvalue weighted by atomic mass is 16.5. The van der Waals surface area contributed by atoms with E-state index >= 15 is 0 Å². The minimum absolute atomic E-state index is 0.0145. The van der Waals surface area contributed by atoms with E-state index in [0.717, 1.165) is 55.0 Å². The number of piperidine rings is 1. The third-order valence-electron chi connectivity index (χ3n) is 5.59. The lowest BCUT2D eigenvalue weighted by Gasteiger charge is -2.32. The van der Waals surface area contributed by atoms with Gasteiger partial charge in [0.1, 0.15) is 5.75 Å². The van der Waals surface area contributed by atoms with E-state index in [0.29, 0.717) is 0 Å². The highest BCUT2D eigenvalue weighted by Gasteiger charge is 2.26. The maximum Gasteiger partial charge on any atom is 0.228 e. The van der Waals surface area contributed by atoms with E-state index in [1.165, 1.54) is 5.56 Å². The monoisotopic (exact) mass is 401 g/mol. The minimum Gasteiger partial charge on any atom is -0.497 e. The number of likely N-dealkylation sites (tertiary alicyclic amines) is 1.